The maximum absolute atomic E-state index is 11.1. The Morgan fingerprint density at radius 3 is 2.50 bits per heavy atom. The van der Waals surface area contributed by atoms with Gasteiger partial charge in [-0.15, -0.1) is 0 Å². The van der Waals surface area contributed by atoms with Gasteiger partial charge in [0.15, 0.2) is 0 Å². The second kappa shape index (κ2) is 3.98. The zero-order valence-electron chi connectivity index (χ0n) is 8.75. The van der Waals surface area contributed by atoms with Crippen molar-refractivity contribution in [2.24, 2.45) is 5.41 Å². The lowest BCUT2D eigenvalue weighted by molar-refractivity contribution is -0.149. The first-order valence-electron chi connectivity index (χ1n) is 5.01. The molecule has 14 heavy (non-hydrogen) atoms. The highest BCUT2D eigenvalue weighted by molar-refractivity contribution is 5.79. The Hall–Kier alpha value is -1.06. The minimum absolute atomic E-state index is 0.0239. The number of carbonyl (C=O) groups excluding carboxylic acids is 1. The fraction of sp³-hybridized carbons (Fsp3) is 0.800. The molecular weight excluding hydrogens is 182 g/mol. The van der Waals surface area contributed by atoms with Crippen molar-refractivity contribution in [3.8, 4) is 0 Å². The molecule has 0 spiro atoms. The van der Waals surface area contributed by atoms with Crippen molar-refractivity contribution in [2.45, 2.75) is 33.1 Å². The van der Waals surface area contributed by atoms with Gasteiger partial charge in [-0.3, -0.25) is 9.59 Å². The smallest absolute Gasteiger partial charge is 0.311 e. The van der Waals surface area contributed by atoms with Gasteiger partial charge in [0.25, 0.3) is 0 Å². The second-order valence-electron chi connectivity index (χ2n) is 4.03. The topological polar surface area (TPSA) is 57.6 Å². The molecule has 1 aliphatic rings. The summed E-state index contributed by atoms with van der Waals surface area (Å²) in [6.07, 6.45) is 2.10. The molecule has 0 aromatic heterocycles. The van der Waals surface area contributed by atoms with E-state index in [0.29, 0.717) is 25.9 Å². The van der Waals surface area contributed by atoms with E-state index in [0.717, 1.165) is 6.42 Å². The molecule has 1 heterocycles. The van der Waals surface area contributed by atoms with Gasteiger partial charge in [0.05, 0.1) is 5.41 Å². The van der Waals surface area contributed by atoms with Gasteiger partial charge in [-0.25, -0.2) is 0 Å². The number of amides is 1. The van der Waals surface area contributed by atoms with Crippen molar-refractivity contribution in [1.29, 1.82) is 0 Å². The van der Waals surface area contributed by atoms with E-state index in [1.807, 2.05) is 6.92 Å². The van der Waals surface area contributed by atoms with Gasteiger partial charge >= 0.3 is 5.97 Å². The number of hydrogen-bond acceptors (Lipinski definition) is 2. The zero-order chi connectivity index (χ0) is 10.8. The number of carboxylic acid groups (broad SMARTS) is 1. The molecule has 0 aliphatic carbocycles. The van der Waals surface area contributed by atoms with Crippen molar-refractivity contribution < 1.29 is 14.7 Å². The summed E-state index contributed by atoms with van der Waals surface area (Å²) in [5.41, 5.74) is -0.680. The van der Waals surface area contributed by atoms with Gasteiger partial charge in [-0.2, -0.15) is 0 Å². The van der Waals surface area contributed by atoms with Crippen LogP contribution >= 0.6 is 0 Å². The van der Waals surface area contributed by atoms with E-state index in [1.54, 1.807) is 4.90 Å². The summed E-state index contributed by atoms with van der Waals surface area (Å²) in [6.45, 7) is 4.43. The van der Waals surface area contributed by atoms with Crippen LogP contribution in [-0.4, -0.2) is 35.0 Å². The Morgan fingerprint density at radius 1 is 1.50 bits per heavy atom. The molecule has 80 valence electrons. The maximum atomic E-state index is 11.1. The van der Waals surface area contributed by atoms with Crippen LogP contribution in [0.15, 0.2) is 0 Å². The summed E-state index contributed by atoms with van der Waals surface area (Å²) in [6, 6.07) is 0. The lowest BCUT2D eigenvalue weighted by Gasteiger charge is -2.23. The molecule has 0 radical (unpaired) electrons. The predicted molar refractivity (Wildman–Crippen MR) is 51.8 cm³/mol. The monoisotopic (exact) mass is 199 g/mol. The summed E-state index contributed by atoms with van der Waals surface area (Å²) < 4.78 is 0. The highest BCUT2D eigenvalue weighted by atomic mass is 16.4. The third-order valence-corrected chi connectivity index (χ3v) is 2.98. The molecule has 1 atom stereocenters. The van der Waals surface area contributed by atoms with E-state index >= 15 is 0 Å². The molecule has 0 aromatic rings. The SMILES string of the molecule is CCC[C@]1(C(=O)O)CCN(C(C)=O)C1. The molecule has 0 aromatic carbocycles. The predicted octanol–water partition coefficient (Wildman–Crippen LogP) is 1.11. The summed E-state index contributed by atoms with van der Waals surface area (Å²) in [5, 5.41) is 9.16. The van der Waals surface area contributed by atoms with Crippen molar-refractivity contribution in [2.75, 3.05) is 13.1 Å². The molecule has 0 bridgehead atoms. The van der Waals surface area contributed by atoms with Crippen LogP contribution in [0.3, 0.4) is 0 Å². The van der Waals surface area contributed by atoms with Gasteiger partial charge in [0.2, 0.25) is 5.91 Å². The molecule has 4 heteroatoms. The van der Waals surface area contributed by atoms with Crippen LogP contribution in [0, 0.1) is 5.41 Å². The number of likely N-dealkylation sites (tertiary alicyclic amines) is 1. The minimum Gasteiger partial charge on any atom is -0.481 e. The summed E-state index contributed by atoms with van der Waals surface area (Å²) in [4.78, 5) is 23.9. The molecule has 1 amide bonds. The van der Waals surface area contributed by atoms with Gasteiger partial charge in [0, 0.05) is 20.0 Å². The third kappa shape index (κ3) is 1.89. The van der Waals surface area contributed by atoms with E-state index in [2.05, 4.69) is 0 Å². The molecule has 4 nitrogen and oxygen atoms in total. The van der Waals surface area contributed by atoms with E-state index in [9.17, 15) is 9.59 Å². The van der Waals surface area contributed by atoms with Crippen LogP contribution in [0.25, 0.3) is 0 Å². The molecule has 1 aliphatic heterocycles. The lowest BCUT2D eigenvalue weighted by atomic mass is 9.83. The number of hydrogen-bond donors (Lipinski definition) is 1. The fourth-order valence-corrected chi connectivity index (χ4v) is 2.11. The van der Waals surface area contributed by atoms with E-state index in [4.69, 9.17) is 5.11 Å². The largest absolute Gasteiger partial charge is 0.481 e. The Labute approximate surface area is 83.9 Å². The Morgan fingerprint density at radius 2 is 2.14 bits per heavy atom. The summed E-state index contributed by atoms with van der Waals surface area (Å²) >= 11 is 0. The average molecular weight is 199 g/mol. The number of carboxylic acids is 1. The quantitative estimate of drug-likeness (QED) is 0.740. The molecular formula is C10H17NO3. The van der Waals surface area contributed by atoms with Crippen molar-refractivity contribution in [1.82, 2.24) is 4.90 Å². The van der Waals surface area contributed by atoms with Crippen LogP contribution in [-0.2, 0) is 9.59 Å². The number of rotatable bonds is 3. The van der Waals surface area contributed by atoms with E-state index in [-0.39, 0.29) is 5.91 Å². The summed E-state index contributed by atoms with van der Waals surface area (Å²) in [5.74, 6) is -0.785. The van der Waals surface area contributed by atoms with Gasteiger partial charge in [-0.05, 0) is 12.8 Å². The van der Waals surface area contributed by atoms with Gasteiger partial charge < -0.3 is 10.0 Å². The first kappa shape index (κ1) is 11.0. The highest BCUT2D eigenvalue weighted by Crippen LogP contribution is 2.35. The normalized spacial score (nSPS) is 26.6. The van der Waals surface area contributed by atoms with Crippen molar-refractivity contribution in [3.63, 3.8) is 0 Å². The molecule has 1 rings (SSSR count). The third-order valence-electron chi connectivity index (χ3n) is 2.98. The summed E-state index contributed by atoms with van der Waals surface area (Å²) in [7, 11) is 0. The fourth-order valence-electron chi connectivity index (χ4n) is 2.11. The maximum Gasteiger partial charge on any atom is 0.311 e. The van der Waals surface area contributed by atoms with Crippen LogP contribution in [0.5, 0.6) is 0 Å². The van der Waals surface area contributed by atoms with Crippen molar-refractivity contribution >= 4 is 11.9 Å². The highest BCUT2D eigenvalue weighted by Gasteiger charge is 2.44. The molecule has 1 N–H and O–H groups in total. The van der Waals surface area contributed by atoms with Crippen LogP contribution in [0.2, 0.25) is 0 Å². The number of nitrogens with zero attached hydrogens (tertiary/aromatic N) is 1. The van der Waals surface area contributed by atoms with Crippen LogP contribution in [0.1, 0.15) is 33.1 Å². The number of aliphatic carboxylic acids is 1. The standard InChI is InChI=1S/C10H17NO3/c1-3-4-10(9(13)14)5-6-11(7-10)8(2)12/h3-7H2,1-2H3,(H,13,14)/t10-/m0/s1. The molecule has 1 saturated heterocycles. The van der Waals surface area contributed by atoms with Gasteiger partial charge in [0.1, 0.15) is 0 Å². The first-order chi connectivity index (χ1) is 6.52. The van der Waals surface area contributed by atoms with Crippen LogP contribution < -0.4 is 0 Å². The lowest BCUT2D eigenvalue weighted by Crippen LogP contribution is -2.36. The molecule has 0 saturated carbocycles. The second-order valence-corrected chi connectivity index (χ2v) is 4.03. The molecule has 1 fully saturated rings. The Bertz CT molecular complexity index is 252. The average Bonchev–Trinajstić information content (AvgIpc) is 2.50. The Kier molecular flexibility index (Phi) is 3.13. The molecule has 0 unspecified atom stereocenters. The van der Waals surface area contributed by atoms with E-state index < -0.39 is 11.4 Å². The minimum atomic E-state index is -0.761. The zero-order valence-corrected chi connectivity index (χ0v) is 8.75. The first-order valence-corrected chi connectivity index (χ1v) is 5.01. The van der Waals surface area contributed by atoms with Crippen molar-refractivity contribution in [3.05, 3.63) is 0 Å². The van der Waals surface area contributed by atoms with Crippen LogP contribution in [0.4, 0.5) is 0 Å². The van der Waals surface area contributed by atoms with E-state index in [1.165, 1.54) is 6.92 Å². The Balaban J connectivity index is 2.74. The number of carbonyl (C=O) groups is 2. The van der Waals surface area contributed by atoms with Gasteiger partial charge in [-0.1, -0.05) is 13.3 Å².